The first-order chi connectivity index (χ1) is 28.7. The summed E-state index contributed by atoms with van der Waals surface area (Å²) in [7, 11) is 0. The van der Waals surface area contributed by atoms with Gasteiger partial charge in [0.25, 0.3) is 0 Å². The second-order valence-electron chi connectivity index (χ2n) is 14.9. The van der Waals surface area contributed by atoms with Gasteiger partial charge >= 0.3 is 0 Å². The SMILES string of the molecule is c1ccc(-c2cc(-c3ccccc3)cc(-c3cccc4c3Nc3ccc(-c5ccc(-c6nc7ccccc7n6-c6ccccc6)cc5)cc3-c3ccccc3-4)c2)cc1. The summed E-state index contributed by atoms with van der Waals surface area (Å²) in [6.07, 6.45) is 0. The third-order valence-corrected chi connectivity index (χ3v) is 11.4. The molecule has 0 saturated carbocycles. The molecule has 0 atom stereocenters. The number of hydrogen-bond donors (Lipinski definition) is 1. The number of imidazole rings is 1. The lowest BCUT2D eigenvalue weighted by molar-refractivity contribution is 1.10. The van der Waals surface area contributed by atoms with Crippen LogP contribution >= 0.6 is 0 Å². The molecule has 3 heteroatoms. The minimum Gasteiger partial charge on any atom is -0.354 e. The summed E-state index contributed by atoms with van der Waals surface area (Å²) >= 11 is 0. The molecule has 2 heterocycles. The van der Waals surface area contributed by atoms with Crippen molar-refractivity contribution >= 4 is 22.4 Å². The fraction of sp³-hybridized carbons (Fsp3) is 0. The van der Waals surface area contributed by atoms with Crippen LogP contribution in [0.2, 0.25) is 0 Å². The lowest BCUT2D eigenvalue weighted by atomic mass is 9.89. The molecule has 1 aliphatic heterocycles. The number of para-hydroxylation sites is 4. The molecule has 58 heavy (non-hydrogen) atoms. The summed E-state index contributed by atoms with van der Waals surface area (Å²) in [5, 5.41) is 3.97. The molecule has 0 fully saturated rings. The first-order valence-electron chi connectivity index (χ1n) is 19.8. The minimum absolute atomic E-state index is 0.928. The second-order valence-corrected chi connectivity index (χ2v) is 14.9. The number of nitrogens with one attached hydrogen (secondary N) is 1. The largest absolute Gasteiger partial charge is 0.354 e. The van der Waals surface area contributed by atoms with Crippen molar-refractivity contribution < 1.29 is 0 Å². The monoisotopic (exact) mass is 739 g/mol. The highest BCUT2D eigenvalue weighted by molar-refractivity contribution is 6.04. The third-order valence-electron chi connectivity index (χ3n) is 11.4. The van der Waals surface area contributed by atoms with E-state index >= 15 is 0 Å². The predicted octanol–water partition coefficient (Wildman–Crippen LogP) is 14.8. The van der Waals surface area contributed by atoms with Gasteiger partial charge in [-0.05, 0) is 105 Å². The highest BCUT2D eigenvalue weighted by Crippen LogP contribution is 2.49. The second kappa shape index (κ2) is 14.1. The molecule has 272 valence electrons. The molecule has 3 nitrogen and oxygen atoms in total. The van der Waals surface area contributed by atoms with E-state index in [0.29, 0.717) is 0 Å². The number of benzene rings is 9. The Morgan fingerprint density at radius 2 is 0.845 bits per heavy atom. The summed E-state index contributed by atoms with van der Waals surface area (Å²) in [4.78, 5) is 5.10. The number of rotatable bonds is 6. The Morgan fingerprint density at radius 3 is 1.55 bits per heavy atom. The van der Waals surface area contributed by atoms with Crippen molar-refractivity contribution in [2.75, 3.05) is 5.32 Å². The highest BCUT2D eigenvalue weighted by atomic mass is 15.1. The van der Waals surface area contributed by atoms with Crippen LogP contribution in [-0.4, -0.2) is 9.55 Å². The van der Waals surface area contributed by atoms with E-state index in [4.69, 9.17) is 4.98 Å². The molecule has 9 aromatic carbocycles. The van der Waals surface area contributed by atoms with Crippen LogP contribution in [0.25, 0.3) is 94.9 Å². The molecule has 10 aromatic rings. The lowest BCUT2D eigenvalue weighted by Gasteiger charge is -2.18. The predicted molar refractivity (Wildman–Crippen MR) is 242 cm³/mol. The summed E-state index contributed by atoms with van der Waals surface area (Å²) < 4.78 is 2.25. The molecule has 0 unspecified atom stereocenters. The van der Waals surface area contributed by atoms with E-state index in [-0.39, 0.29) is 0 Å². The molecule has 1 N–H and O–H groups in total. The molecule has 1 aliphatic rings. The smallest absolute Gasteiger partial charge is 0.145 e. The van der Waals surface area contributed by atoms with Gasteiger partial charge in [-0.3, -0.25) is 4.57 Å². The Balaban J connectivity index is 1.01. The van der Waals surface area contributed by atoms with Crippen molar-refractivity contribution in [3.63, 3.8) is 0 Å². The van der Waals surface area contributed by atoms with Crippen LogP contribution < -0.4 is 5.32 Å². The average Bonchev–Trinajstić information content (AvgIpc) is 3.63. The van der Waals surface area contributed by atoms with Crippen LogP contribution in [0.1, 0.15) is 0 Å². The van der Waals surface area contributed by atoms with Crippen molar-refractivity contribution in [2.45, 2.75) is 0 Å². The number of fused-ring (bicyclic) bond motifs is 6. The van der Waals surface area contributed by atoms with Gasteiger partial charge in [-0.1, -0.05) is 164 Å². The van der Waals surface area contributed by atoms with E-state index in [9.17, 15) is 0 Å². The van der Waals surface area contributed by atoms with Crippen molar-refractivity contribution in [1.82, 2.24) is 9.55 Å². The van der Waals surface area contributed by atoms with Gasteiger partial charge in [-0.2, -0.15) is 0 Å². The summed E-state index contributed by atoms with van der Waals surface area (Å²) in [5.41, 5.74) is 20.6. The summed E-state index contributed by atoms with van der Waals surface area (Å²) in [6.45, 7) is 0. The van der Waals surface area contributed by atoms with E-state index in [1.807, 2.05) is 6.07 Å². The van der Waals surface area contributed by atoms with Gasteiger partial charge in [0.15, 0.2) is 0 Å². The molecule has 11 rings (SSSR count). The number of hydrogen-bond acceptors (Lipinski definition) is 2. The molecule has 0 radical (unpaired) electrons. The van der Waals surface area contributed by atoms with E-state index in [1.165, 1.54) is 50.1 Å². The van der Waals surface area contributed by atoms with Crippen LogP contribution in [0.4, 0.5) is 11.4 Å². The third kappa shape index (κ3) is 5.89. The van der Waals surface area contributed by atoms with Crippen molar-refractivity contribution in [3.05, 3.63) is 218 Å². The molecule has 0 amide bonds. The average molecular weight is 740 g/mol. The highest BCUT2D eigenvalue weighted by Gasteiger charge is 2.23. The van der Waals surface area contributed by atoms with Crippen LogP contribution in [0.3, 0.4) is 0 Å². The van der Waals surface area contributed by atoms with E-state index in [1.54, 1.807) is 0 Å². The lowest BCUT2D eigenvalue weighted by Crippen LogP contribution is -1.97. The maximum absolute atomic E-state index is 5.10. The van der Waals surface area contributed by atoms with Crippen LogP contribution in [0, 0.1) is 0 Å². The zero-order valence-corrected chi connectivity index (χ0v) is 31.7. The van der Waals surface area contributed by atoms with Gasteiger partial charge in [0.2, 0.25) is 0 Å². The van der Waals surface area contributed by atoms with Gasteiger partial charge in [0, 0.05) is 33.6 Å². The van der Waals surface area contributed by atoms with Crippen LogP contribution in [-0.2, 0) is 0 Å². The standard InChI is InChI=1S/C55H37N3/c1-4-15-37(16-5-1)42-33-43(38-17-6-2-7-18-38)35-44(34-42)46-23-14-24-49-47-21-10-11-22-48(47)50-36-41(31-32-51(50)56-54(46)49)39-27-29-40(30-28-39)55-57-52-25-12-13-26-53(52)58(55)45-19-8-3-9-20-45/h1-36,56H. The zero-order valence-electron chi connectivity index (χ0n) is 31.7. The van der Waals surface area contributed by atoms with Gasteiger partial charge in [-0.15, -0.1) is 0 Å². The number of aromatic nitrogens is 2. The fourth-order valence-corrected chi connectivity index (χ4v) is 8.54. The number of nitrogens with zero attached hydrogens (tertiary/aromatic N) is 2. The van der Waals surface area contributed by atoms with Gasteiger partial charge in [0.05, 0.1) is 16.7 Å². The van der Waals surface area contributed by atoms with Gasteiger partial charge in [-0.25, -0.2) is 4.98 Å². The Bertz CT molecular complexity index is 3050. The van der Waals surface area contributed by atoms with Gasteiger partial charge < -0.3 is 5.32 Å². The molecule has 0 bridgehead atoms. The first-order valence-corrected chi connectivity index (χ1v) is 19.8. The van der Waals surface area contributed by atoms with Crippen molar-refractivity contribution in [1.29, 1.82) is 0 Å². The van der Waals surface area contributed by atoms with Crippen LogP contribution in [0.5, 0.6) is 0 Å². The normalized spacial score (nSPS) is 11.6. The van der Waals surface area contributed by atoms with E-state index < -0.39 is 0 Å². The molecule has 1 aromatic heterocycles. The fourth-order valence-electron chi connectivity index (χ4n) is 8.54. The van der Waals surface area contributed by atoms with Crippen LogP contribution in [0.15, 0.2) is 218 Å². The maximum atomic E-state index is 5.10. The summed E-state index contributed by atoms with van der Waals surface area (Å²) in [6, 6.07) is 78.3. The maximum Gasteiger partial charge on any atom is 0.145 e. The quantitative estimate of drug-likeness (QED) is 0.184. The Hall–Kier alpha value is -7.75. The van der Waals surface area contributed by atoms with Crippen molar-refractivity contribution in [3.8, 4) is 83.8 Å². The van der Waals surface area contributed by atoms with E-state index in [0.717, 1.165) is 56.2 Å². The zero-order chi connectivity index (χ0) is 38.4. The Morgan fingerprint density at radius 1 is 0.328 bits per heavy atom. The molecule has 0 saturated heterocycles. The number of anilines is 2. The molecular formula is C55H37N3. The minimum atomic E-state index is 0.928. The first kappa shape index (κ1) is 33.6. The van der Waals surface area contributed by atoms with E-state index in [2.05, 4.69) is 222 Å². The topological polar surface area (TPSA) is 29.9 Å². The van der Waals surface area contributed by atoms with Gasteiger partial charge in [0.1, 0.15) is 5.82 Å². The Kier molecular flexibility index (Phi) is 8.15. The molecular weight excluding hydrogens is 703 g/mol. The summed E-state index contributed by atoms with van der Waals surface area (Å²) in [5.74, 6) is 0.928. The molecule has 0 spiro atoms. The van der Waals surface area contributed by atoms with Crippen molar-refractivity contribution in [2.24, 2.45) is 0 Å². The Labute approximate surface area is 338 Å². The molecule has 0 aliphatic carbocycles.